The van der Waals surface area contributed by atoms with Crippen molar-refractivity contribution in [1.82, 2.24) is 4.98 Å². The molecule has 0 saturated carbocycles. The molecule has 0 fully saturated rings. The molecule has 0 aliphatic rings. The average molecular weight is 356 g/mol. The molecule has 1 atom stereocenters. The fourth-order valence-corrected chi connectivity index (χ4v) is 3.04. The van der Waals surface area contributed by atoms with Crippen LogP contribution in [0.15, 0.2) is 24.3 Å². The summed E-state index contributed by atoms with van der Waals surface area (Å²) in [4.78, 5) is 38.7. The summed E-state index contributed by atoms with van der Waals surface area (Å²) in [5, 5.41) is 11.9. The SMILES string of the molecule is CCCc1c(C(=O)Nc2ccc(C(C)C(=O)O)cc2)[nH]c(C)c1C(C)=O. The fraction of sp³-hybridized carbons (Fsp3) is 0.350. The van der Waals surface area contributed by atoms with Gasteiger partial charge >= 0.3 is 5.97 Å². The van der Waals surface area contributed by atoms with Crippen LogP contribution in [0.1, 0.15) is 70.8 Å². The number of aromatic nitrogens is 1. The Labute approximate surface area is 152 Å². The second kappa shape index (κ2) is 7.99. The predicted molar refractivity (Wildman–Crippen MR) is 100.0 cm³/mol. The fourth-order valence-electron chi connectivity index (χ4n) is 3.04. The number of carboxylic acid groups (broad SMARTS) is 1. The molecule has 26 heavy (non-hydrogen) atoms. The number of hydrogen-bond donors (Lipinski definition) is 3. The van der Waals surface area contributed by atoms with Crippen molar-refractivity contribution in [3.05, 3.63) is 52.3 Å². The van der Waals surface area contributed by atoms with Gasteiger partial charge in [-0.25, -0.2) is 0 Å². The molecule has 6 heteroatoms. The van der Waals surface area contributed by atoms with Crippen LogP contribution in [0.2, 0.25) is 0 Å². The molecule has 0 aliphatic carbocycles. The lowest BCUT2D eigenvalue weighted by molar-refractivity contribution is -0.138. The third kappa shape index (κ3) is 4.02. The van der Waals surface area contributed by atoms with Gasteiger partial charge in [0.05, 0.1) is 5.92 Å². The Balaban J connectivity index is 2.26. The first-order chi connectivity index (χ1) is 12.3. The Kier molecular flexibility index (Phi) is 5.97. The van der Waals surface area contributed by atoms with Gasteiger partial charge < -0.3 is 15.4 Å². The van der Waals surface area contributed by atoms with E-state index in [0.717, 1.165) is 12.0 Å². The summed E-state index contributed by atoms with van der Waals surface area (Å²) in [7, 11) is 0. The van der Waals surface area contributed by atoms with Crippen LogP contribution in [-0.4, -0.2) is 27.8 Å². The molecule has 3 N–H and O–H groups in total. The van der Waals surface area contributed by atoms with E-state index >= 15 is 0 Å². The van der Waals surface area contributed by atoms with Crippen LogP contribution in [0, 0.1) is 6.92 Å². The number of nitrogens with one attached hydrogen (secondary N) is 2. The molecule has 2 aromatic rings. The molecule has 0 spiro atoms. The van der Waals surface area contributed by atoms with E-state index < -0.39 is 11.9 Å². The van der Waals surface area contributed by atoms with Crippen molar-refractivity contribution in [3.63, 3.8) is 0 Å². The number of hydrogen-bond acceptors (Lipinski definition) is 3. The van der Waals surface area contributed by atoms with Crippen molar-refractivity contribution in [2.45, 2.75) is 46.5 Å². The number of carbonyl (C=O) groups is 3. The summed E-state index contributed by atoms with van der Waals surface area (Å²) in [6, 6.07) is 6.71. The highest BCUT2D eigenvalue weighted by molar-refractivity contribution is 6.07. The lowest BCUT2D eigenvalue weighted by atomic mass is 10.0. The highest BCUT2D eigenvalue weighted by atomic mass is 16.4. The summed E-state index contributed by atoms with van der Waals surface area (Å²) < 4.78 is 0. The quantitative estimate of drug-likeness (QED) is 0.655. The Hall–Kier alpha value is -2.89. The number of aromatic amines is 1. The standard InChI is InChI=1S/C20H24N2O4/c1-5-6-16-17(13(4)23)12(3)21-18(16)19(24)22-15-9-7-14(8-10-15)11(2)20(25)26/h7-11,21H,5-6H2,1-4H3,(H,22,24)(H,25,26). The molecule has 0 saturated heterocycles. The Morgan fingerprint density at radius 1 is 1.19 bits per heavy atom. The molecule has 0 radical (unpaired) electrons. The number of rotatable bonds is 7. The number of carboxylic acids is 1. The lowest BCUT2D eigenvalue weighted by Crippen LogP contribution is -2.15. The first-order valence-corrected chi connectivity index (χ1v) is 8.62. The molecule has 6 nitrogen and oxygen atoms in total. The Bertz CT molecular complexity index is 834. The molecule has 0 bridgehead atoms. The van der Waals surface area contributed by atoms with Gasteiger partial charge in [0.1, 0.15) is 5.69 Å². The van der Waals surface area contributed by atoms with Crippen LogP contribution in [0.3, 0.4) is 0 Å². The van der Waals surface area contributed by atoms with E-state index in [-0.39, 0.29) is 11.7 Å². The van der Waals surface area contributed by atoms with Crippen molar-refractivity contribution in [3.8, 4) is 0 Å². The van der Waals surface area contributed by atoms with Crippen molar-refractivity contribution in [1.29, 1.82) is 0 Å². The minimum atomic E-state index is -0.899. The molecule has 138 valence electrons. The van der Waals surface area contributed by atoms with Crippen molar-refractivity contribution in [2.24, 2.45) is 0 Å². The monoisotopic (exact) mass is 356 g/mol. The van der Waals surface area contributed by atoms with Crippen LogP contribution in [0.25, 0.3) is 0 Å². The number of H-pyrrole nitrogens is 1. The molecule has 1 unspecified atom stereocenters. The van der Waals surface area contributed by atoms with Gasteiger partial charge in [0, 0.05) is 16.9 Å². The summed E-state index contributed by atoms with van der Waals surface area (Å²) in [6.45, 7) is 6.89. The predicted octanol–water partition coefficient (Wildman–Crippen LogP) is 3.92. The summed E-state index contributed by atoms with van der Waals surface area (Å²) in [6.07, 6.45) is 1.46. The van der Waals surface area contributed by atoms with Gasteiger partial charge in [-0.15, -0.1) is 0 Å². The maximum absolute atomic E-state index is 12.7. The second-order valence-corrected chi connectivity index (χ2v) is 6.42. The normalized spacial score (nSPS) is 11.8. The first-order valence-electron chi connectivity index (χ1n) is 8.62. The topological polar surface area (TPSA) is 99.3 Å². The van der Waals surface area contributed by atoms with E-state index in [4.69, 9.17) is 5.11 Å². The van der Waals surface area contributed by atoms with Gasteiger partial charge in [0.25, 0.3) is 5.91 Å². The molecular formula is C20H24N2O4. The zero-order valence-electron chi connectivity index (χ0n) is 15.5. The highest BCUT2D eigenvalue weighted by Gasteiger charge is 2.22. The van der Waals surface area contributed by atoms with Crippen molar-refractivity contribution in [2.75, 3.05) is 5.32 Å². The van der Waals surface area contributed by atoms with Crippen LogP contribution in [0.5, 0.6) is 0 Å². The van der Waals surface area contributed by atoms with Crippen molar-refractivity contribution >= 4 is 23.3 Å². The largest absolute Gasteiger partial charge is 0.481 e. The van der Waals surface area contributed by atoms with E-state index in [0.29, 0.717) is 34.6 Å². The van der Waals surface area contributed by atoms with Gasteiger partial charge in [-0.3, -0.25) is 14.4 Å². The number of ketones is 1. The maximum atomic E-state index is 12.7. The summed E-state index contributed by atoms with van der Waals surface area (Å²) in [5.41, 5.74) is 3.65. The smallest absolute Gasteiger partial charge is 0.310 e. The maximum Gasteiger partial charge on any atom is 0.310 e. The van der Waals surface area contributed by atoms with Gasteiger partial charge in [0.2, 0.25) is 0 Å². The van der Waals surface area contributed by atoms with E-state index in [9.17, 15) is 14.4 Å². The number of Topliss-reactive ketones (excluding diaryl/α,β-unsaturated/α-hetero) is 1. The summed E-state index contributed by atoms with van der Waals surface area (Å²) in [5.74, 6) is -1.89. The zero-order valence-corrected chi connectivity index (χ0v) is 15.5. The molecule has 1 aromatic carbocycles. The van der Waals surface area contributed by atoms with Crippen molar-refractivity contribution < 1.29 is 19.5 Å². The van der Waals surface area contributed by atoms with Crippen LogP contribution in [0.4, 0.5) is 5.69 Å². The lowest BCUT2D eigenvalue weighted by Gasteiger charge is -2.10. The highest BCUT2D eigenvalue weighted by Crippen LogP contribution is 2.23. The number of aryl methyl sites for hydroxylation is 1. The van der Waals surface area contributed by atoms with E-state index in [2.05, 4.69) is 10.3 Å². The number of benzene rings is 1. The Morgan fingerprint density at radius 2 is 1.81 bits per heavy atom. The van der Waals surface area contributed by atoms with Crippen LogP contribution < -0.4 is 5.32 Å². The Morgan fingerprint density at radius 3 is 2.31 bits per heavy atom. The average Bonchev–Trinajstić information content (AvgIpc) is 2.91. The molecule has 0 aliphatic heterocycles. The minimum absolute atomic E-state index is 0.0618. The van der Waals surface area contributed by atoms with Crippen LogP contribution in [-0.2, 0) is 11.2 Å². The van der Waals surface area contributed by atoms with Gasteiger partial charge in [-0.2, -0.15) is 0 Å². The number of aliphatic carboxylic acids is 1. The van der Waals surface area contributed by atoms with E-state index in [1.165, 1.54) is 6.92 Å². The molecule has 1 heterocycles. The third-order valence-corrected chi connectivity index (χ3v) is 4.41. The van der Waals surface area contributed by atoms with Crippen LogP contribution >= 0.6 is 0 Å². The van der Waals surface area contributed by atoms with Gasteiger partial charge in [-0.1, -0.05) is 25.5 Å². The zero-order chi connectivity index (χ0) is 19.4. The number of carbonyl (C=O) groups excluding carboxylic acids is 2. The van der Waals surface area contributed by atoms with E-state index in [1.54, 1.807) is 38.1 Å². The summed E-state index contributed by atoms with van der Waals surface area (Å²) >= 11 is 0. The van der Waals surface area contributed by atoms with E-state index in [1.807, 2.05) is 6.92 Å². The number of anilines is 1. The second-order valence-electron chi connectivity index (χ2n) is 6.42. The molecule has 1 amide bonds. The minimum Gasteiger partial charge on any atom is -0.481 e. The van der Waals surface area contributed by atoms with Gasteiger partial charge in [-0.05, 0) is 50.5 Å². The molecular weight excluding hydrogens is 332 g/mol. The first kappa shape index (κ1) is 19.4. The molecule has 1 aromatic heterocycles. The van der Waals surface area contributed by atoms with Gasteiger partial charge in [0.15, 0.2) is 5.78 Å². The third-order valence-electron chi connectivity index (χ3n) is 4.41. The molecule has 2 rings (SSSR count). The number of amides is 1.